The summed E-state index contributed by atoms with van der Waals surface area (Å²) in [6.45, 7) is 0.999. The summed E-state index contributed by atoms with van der Waals surface area (Å²) in [4.78, 5) is 30.8. The van der Waals surface area contributed by atoms with Crippen LogP contribution in [0.4, 0.5) is 5.69 Å². The fraction of sp³-hybridized carbons (Fsp3) is 0.217. The van der Waals surface area contributed by atoms with Crippen LogP contribution in [0.1, 0.15) is 29.9 Å². The van der Waals surface area contributed by atoms with Gasteiger partial charge in [0.25, 0.3) is 0 Å². The molecule has 1 N–H and O–H groups in total. The van der Waals surface area contributed by atoms with Crippen molar-refractivity contribution in [2.24, 2.45) is 0 Å². The fourth-order valence-corrected chi connectivity index (χ4v) is 3.97. The molecule has 0 bridgehead atoms. The van der Waals surface area contributed by atoms with Gasteiger partial charge in [-0.1, -0.05) is 11.6 Å². The molecule has 1 aliphatic rings. The summed E-state index contributed by atoms with van der Waals surface area (Å²) in [5, 5.41) is 13.4. The molecule has 1 aromatic heterocycles. The zero-order valence-electron chi connectivity index (χ0n) is 16.1. The van der Waals surface area contributed by atoms with Crippen LogP contribution in [0.15, 0.2) is 54.7 Å². The van der Waals surface area contributed by atoms with E-state index in [-0.39, 0.29) is 5.92 Å². The van der Waals surface area contributed by atoms with Crippen LogP contribution in [0.3, 0.4) is 0 Å². The molecule has 0 unspecified atom stereocenters. The number of nitrogens with one attached hydrogen (secondary N) is 1. The minimum atomic E-state index is -0.649. The molecule has 0 saturated carbocycles. The standard InChI is InChI=1S/C23H19ClN4O2/c24-17-2-4-18(5-3-17)27-22(29)23(30)28-11-8-16(9-12-28)19-7-10-26-21-6-1-15(14-25)13-20(19)21/h1-7,10,13,16H,8-9,11-12H2,(H,27,29). The molecule has 4 rings (SSSR count). The molecule has 2 heterocycles. The molecular weight excluding hydrogens is 400 g/mol. The molecule has 150 valence electrons. The maximum atomic E-state index is 12.6. The highest BCUT2D eigenvalue weighted by atomic mass is 35.5. The average Bonchev–Trinajstić information content (AvgIpc) is 2.79. The van der Waals surface area contributed by atoms with Gasteiger partial charge in [0.1, 0.15) is 0 Å². The molecule has 0 aliphatic carbocycles. The van der Waals surface area contributed by atoms with Crippen LogP contribution in [0, 0.1) is 11.3 Å². The number of likely N-dealkylation sites (tertiary alicyclic amines) is 1. The molecule has 1 aliphatic heterocycles. The van der Waals surface area contributed by atoms with E-state index in [1.807, 2.05) is 18.2 Å². The van der Waals surface area contributed by atoms with Gasteiger partial charge in [-0.2, -0.15) is 5.26 Å². The first-order valence-corrected chi connectivity index (χ1v) is 10.1. The molecule has 2 aromatic carbocycles. The Balaban J connectivity index is 1.43. The van der Waals surface area contributed by atoms with E-state index in [1.165, 1.54) is 0 Å². The second kappa shape index (κ2) is 8.52. The lowest BCUT2D eigenvalue weighted by molar-refractivity contribution is -0.143. The lowest BCUT2D eigenvalue weighted by atomic mass is 9.87. The first-order valence-electron chi connectivity index (χ1n) is 9.70. The Morgan fingerprint density at radius 2 is 1.83 bits per heavy atom. The highest BCUT2D eigenvalue weighted by molar-refractivity contribution is 6.39. The smallest absolute Gasteiger partial charge is 0.313 e. The number of rotatable bonds is 2. The summed E-state index contributed by atoms with van der Waals surface area (Å²) in [5.41, 5.74) is 3.12. The van der Waals surface area contributed by atoms with Crippen LogP contribution in [0.5, 0.6) is 0 Å². The SMILES string of the molecule is N#Cc1ccc2nccc(C3CCN(C(=O)C(=O)Nc4ccc(Cl)cc4)CC3)c2c1. The third-order valence-corrected chi connectivity index (χ3v) is 5.67. The second-order valence-corrected chi connectivity index (χ2v) is 7.71. The second-order valence-electron chi connectivity index (χ2n) is 7.27. The van der Waals surface area contributed by atoms with Crippen LogP contribution >= 0.6 is 11.6 Å². The lowest BCUT2D eigenvalue weighted by Crippen LogP contribution is -2.43. The monoisotopic (exact) mass is 418 g/mol. The van der Waals surface area contributed by atoms with Crippen LogP contribution in [0.2, 0.25) is 5.02 Å². The summed E-state index contributed by atoms with van der Waals surface area (Å²) in [6, 6.07) is 16.3. The largest absolute Gasteiger partial charge is 0.334 e. The lowest BCUT2D eigenvalue weighted by Gasteiger charge is -2.32. The van der Waals surface area contributed by atoms with Crippen LogP contribution in [-0.4, -0.2) is 34.8 Å². The van der Waals surface area contributed by atoms with E-state index in [0.717, 1.165) is 29.3 Å². The molecule has 30 heavy (non-hydrogen) atoms. The predicted octanol–water partition coefficient (Wildman–Crippen LogP) is 4.10. The van der Waals surface area contributed by atoms with Gasteiger partial charge in [-0.25, -0.2) is 0 Å². The number of halogens is 1. The summed E-state index contributed by atoms with van der Waals surface area (Å²) in [6.07, 6.45) is 3.27. The number of hydrogen-bond donors (Lipinski definition) is 1. The Bertz CT molecular complexity index is 1150. The number of amides is 2. The number of fused-ring (bicyclic) bond motifs is 1. The van der Waals surface area contributed by atoms with Gasteiger partial charge in [0.2, 0.25) is 0 Å². The quantitative estimate of drug-likeness (QED) is 0.634. The number of piperidine rings is 1. The van der Waals surface area contributed by atoms with Crippen molar-refractivity contribution in [2.45, 2.75) is 18.8 Å². The van der Waals surface area contributed by atoms with Crippen molar-refractivity contribution in [2.75, 3.05) is 18.4 Å². The van der Waals surface area contributed by atoms with Gasteiger partial charge < -0.3 is 10.2 Å². The van der Waals surface area contributed by atoms with E-state index in [2.05, 4.69) is 16.4 Å². The van der Waals surface area contributed by atoms with Gasteiger partial charge in [0, 0.05) is 35.4 Å². The van der Waals surface area contributed by atoms with Gasteiger partial charge in [0.15, 0.2) is 0 Å². The van der Waals surface area contributed by atoms with E-state index in [1.54, 1.807) is 41.4 Å². The molecule has 3 aromatic rings. The van der Waals surface area contributed by atoms with E-state index in [4.69, 9.17) is 11.6 Å². The highest BCUT2D eigenvalue weighted by Crippen LogP contribution is 2.33. The molecule has 1 fully saturated rings. The van der Waals surface area contributed by atoms with Gasteiger partial charge in [-0.05, 0) is 72.9 Å². The van der Waals surface area contributed by atoms with Crippen molar-refractivity contribution >= 4 is 40.0 Å². The molecular formula is C23H19ClN4O2. The number of carbonyl (C=O) groups excluding carboxylic acids is 2. The van der Waals surface area contributed by atoms with E-state index >= 15 is 0 Å². The van der Waals surface area contributed by atoms with Gasteiger partial charge in [-0.15, -0.1) is 0 Å². The summed E-state index contributed by atoms with van der Waals surface area (Å²) in [7, 11) is 0. The fourth-order valence-electron chi connectivity index (χ4n) is 3.85. The summed E-state index contributed by atoms with van der Waals surface area (Å²) >= 11 is 5.84. The van der Waals surface area contributed by atoms with Crippen LogP contribution < -0.4 is 5.32 Å². The van der Waals surface area contributed by atoms with Crippen molar-refractivity contribution in [1.82, 2.24) is 9.88 Å². The maximum Gasteiger partial charge on any atom is 0.313 e. The van der Waals surface area contributed by atoms with Crippen molar-refractivity contribution in [1.29, 1.82) is 5.26 Å². The first-order chi connectivity index (χ1) is 14.5. The van der Waals surface area contributed by atoms with E-state index in [0.29, 0.717) is 29.4 Å². The van der Waals surface area contributed by atoms with Crippen molar-refractivity contribution in [3.63, 3.8) is 0 Å². The molecule has 1 saturated heterocycles. The van der Waals surface area contributed by atoms with E-state index in [9.17, 15) is 14.9 Å². The molecule has 0 atom stereocenters. The molecule has 6 nitrogen and oxygen atoms in total. The summed E-state index contributed by atoms with van der Waals surface area (Å²) < 4.78 is 0. The topological polar surface area (TPSA) is 86.1 Å². The number of benzene rings is 2. The molecule has 7 heteroatoms. The minimum absolute atomic E-state index is 0.243. The number of nitrogens with zero attached hydrogens (tertiary/aromatic N) is 3. The number of anilines is 1. The third kappa shape index (κ3) is 4.12. The normalized spacial score (nSPS) is 14.3. The van der Waals surface area contributed by atoms with Crippen molar-refractivity contribution < 1.29 is 9.59 Å². The van der Waals surface area contributed by atoms with Crippen molar-refractivity contribution in [3.05, 3.63) is 70.9 Å². The Labute approximate surface area is 179 Å². The van der Waals surface area contributed by atoms with Crippen LogP contribution in [0.25, 0.3) is 10.9 Å². The molecule has 2 amide bonds. The summed E-state index contributed by atoms with van der Waals surface area (Å²) in [5.74, 6) is -0.939. The van der Waals surface area contributed by atoms with E-state index < -0.39 is 11.8 Å². The van der Waals surface area contributed by atoms with Gasteiger partial charge >= 0.3 is 11.8 Å². The number of aromatic nitrogens is 1. The zero-order chi connectivity index (χ0) is 21.1. The Hall–Kier alpha value is -3.43. The minimum Gasteiger partial charge on any atom is -0.334 e. The number of pyridine rings is 1. The van der Waals surface area contributed by atoms with Crippen molar-refractivity contribution in [3.8, 4) is 6.07 Å². The number of carbonyl (C=O) groups is 2. The van der Waals surface area contributed by atoms with Gasteiger partial charge in [0.05, 0.1) is 17.1 Å². The molecule has 0 radical (unpaired) electrons. The highest BCUT2D eigenvalue weighted by Gasteiger charge is 2.28. The number of nitriles is 1. The maximum absolute atomic E-state index is 12.6. The van der Waals surface area contributed by atoms with Gasteiger partial charge in [-0.3, -0.25) is 14.6 Å². The molecule has 0 spiro atoms. The zero-order valence-corrected chi connectivity index (χ0v) is 16.9. The average molecular weight is 419 g/mol. The van der Waals surface area contributed by atoms with Crippen LogP contribution in [-0.2, 0) is 9.59 Å². The number of hydrogen-bond acceptors (Lipinski definition) is 4. The third-order valence-electron chi connectivity index (χ3n) is 5.42. The Morgan fingerprint density at radius 1 is 1.10 bits per heavy atom. The predicted molar refractivity (Wildman–Crippen MR) is 115 cm³/mol. The first kappa shape index (κ1) is 19.9. The Morgan fingerprint density at radius 3 is 2.53 bits per heavy atom. The Kier molecular flexibility index (Phi) is 5.64.